The van der Waals surface area contributed by atoms with Crippen molar-refractivity contribution < 1.29 is 0 Å². The molecule has 1 N–H and O–H groups in total. The van der Waals surface area contributed by atoms with E-state index < -0.39 is 0 Å². The maximum Gasteiger partial charge on any atom is 0.0504 e. The molecule has 2 fully saturated rings. The third-order valence-electron chi connectivity index (χ3n) is 8.38. The molecule has 1 heteroatoms. The number of hydrogen-bond donors (Lipinski definition) is 1. The molecule has 0 amide bonds. The Kier molecular flexibility index (Phi) is 4.45. The lowest BCUT2D eigenvalue weighted by Gasteiger charge is -2.48. The standard InChI is InChI=1S/C29H39N/c1-27(2,3)20-12-13-22-23(16-20)24-17-21(28(4,5)6)18-30-26(24)25(22)29(14-9-15-29)19-10-7-8-11-19/h12-13,16-19,30H,7-11,14-15H2,1-6H3. The van der Waals surface area contributed by atoms with Gasteiger partial charge < -0.3 is 4.98 Å². The highest BCUT2D eigenvalue weighted by Gasteiger charge is 2.49. The van der Waals surface area contributed by atoms with Gasteiger partial charge in [0.1, 0.15) is 0 Å². The molecule has 5 rings (SSSR count). The highest BCUT2D eigenvalue weighted by atomic mass is 14.7. The van der Waals surface area contributed by atoms with Crippen LogP contribution in [0.3, 0.4) is 0 Å². The van der Waals surface area contributed by atoms with Gasteiger partial charge in [0.25, 0.3) is 0 Å². The van der Waals surface area contributed by atoms with Gasteiger partial charge in [-0.2, -0.15) is 0 Å². The number of aromatic nitrogens is 1. The fraction of sp³-hybridized carbons (Fsp3) is 0.586. The van der Waals surface area contributed by atoms with Gasteiger partial charge in [0.05, 0.1) is 5.69 Å². The van der Waals surface area contributed by atoms with Crippen LogP contribution in [0.2, 0.25) is 0 Å². The smallest absolute Gasteiger partial charge is 0.0504 e. The predicted octanol–water partition coefficient (Wildman–Crippen LogP) is 8.48. The van der Waals surface area contributed by atoms with Crippen LogP contribution < -0.4 is 0 Å². The maximum atomic E-state index is 3.84. The number of fused-ring (bicyclic) bond motifs is 3. The number of benzene rings is 1. The SMILES string of the molecule is CC(C)(C)c1c[nH]c2c(C3(C4CCCC4)CCC3)c3ccc(C(C)(C)C)cc3c-2c1. The fourth-order valence-electron chi connectivity index (χ4n) is 6.35. The first-order valence-corrected chi connectivity index (χ1v) is 12.2. The van der Waals surface area contributed by atoms with Gasteiger partial charge in [0.2, 0.25) is 0 Å². The second-order valence-corrected chi connectivity index (χ2v) is 12.3. The summed E-state index contributed by atoms with van der Waals surface area (Å²) in [5.41, 5.74) is 8.10. The van der Waals surface area contributed by atoms with E-state index >= 15 is 0 Å². The molecular formula is C29H39N. The van der Waals surface area contributed by atoms with Gasteiger partial charge in [-0.05, 0) is 82.0 Å². The van der Waals surface area contributed by atoms with Gasteiger partial charge in [0.15, 0.2) is 0 Å². The van der Waals surface area contributed by atoms with Gasteiger partial charge in [-0.1, -0.05) is 72.9 Å². The first kappa shape index (κ1) is 20.2. The van der Waals surface area contributed by atoms with E-state index in [9.17, 15) is 0 Å². The van der Waals surface area contributed by atoms with E-state index in [1.54, 1.807) is 5.56 Å². The number of hydrogen-bond acceptors (Lipinski definition) is 0. The van der Waals surface area contributed by atoms with Crippen molar-refractivity contribution in [1.82, 2.24) is 4.98 Å². The molecule has 0 unspecified atom stereocenters. The lowest BCUT2D eigenvalue weighted by molar-refractivity contribution is 0.150. The molecule has 1 aliphatic heterocycles. The maximum absolute atomic E-state index is 3.84. The van der Waals surface area contributed by atoms with Gasteiger partial charge in [0, 0.05) is 17.2 Å². The van der Waals surface area contributed by atoms with Crippen LogP contribution in [0.15, 0.2) is 30.5 Å². The molecule has 0 bridgehead atoms. The van der Waals surface area contributed by atoms with E-state index in [1.807, 2.05) is 0 Å². The van der Waals surface area contributed by atoms with Crippen LogP contribution in [0.4, 0.5) is 0 Å². The summed E-state index contributed by atoms with van der Waals surface area (Å²) < 4.78 is 0. The first-order chi connectivity index (χ1) is 14.1. The summed E-state index contributed by atoms with van der Waals surface area (Å²) in [5, 5.41) is 2.99. The van der Waals surface area contributed by atoms with E-state index in [4.69, 9.17) is 0 Å². The molecule has 1 nitrogen and oxygen atoms in total. The van der Waals surface area contributed by atoms with E-state index in [0.717, 1.165) is 5.92 Å². The topological polar surface area (TPSA) is 15.8 Å². The normalized spacial score (nSPS) is 20.2. The Morgan fingerprint density at radius 3 is 2.03 bits per heavy atom. The largest absolute Gasteiger partial charge is 0.361 e. The van der Waals surface area contributed by atoms with Crippen LogP contribution in [-0.4, -0.2) is 4.98 Å². The second-order valence-electron chi connectivity index (χ2n) is 12.3. The van der Waals surface area contributed by atoms with Crippen LogP contribution in [0, 0.1) is 5.92 Å². The van der Waals surface area contributed by atoms with Gasteiger partial charge in [-0.15, -0.1) is 0 Å². The molecule has 160 valence electrons. The van der Waals surface area contributed by atoms with E-state index in [0.29, 0.717) is 5.41 Å². The number of H-pyrrole nitrogens is 1. The average molecular weight is 402 g/mol. The number of rotatable bonds is 2. The van der Waals surface area contributed by atoms with Crippen LogP contribution in [0.5, 0.6) is 0 Å². The van der Waals surface area contributed by atoms with Crippen LogP contribution in [0.25, 0.3) is 22.0 Å². The van der Waals surface area contributed by atoms with Crippen molar-refractivity contribution in [3.63, 3.8) is 0 Å². The third kappa shape index (κ3) is 2.95. The Balaban J connectivity index is 1.81. The summed E-state index contributed by atoms with van der Waals surface area (Å²) in [6.45, 7) is 14.0. The summed E-state index contributed by atoms with van der Waals surface area (Å²) in [4.78, 5) is 3.84. The Morgan fingerprint density at radius 2 is 1.47 bits per heavy atom. The summed E-state index contributed by atoms with van der Waals surface area (Å²) >= 11 is 0. The minimum Gasteiger partial charge on any atom is -0.361 e. The summed E-state index contributed by atoms with van der Waals surface area (Å²) in [6, 6.07) is 9.86. The number of nitrogens with one attached hydrogen (secondary N) is 1. The lowest BCUT2D eigenvalue weighted by Crippen LogP contribution is -2.41. The molecule has 0 atom stereocenters. The van der Waals surface area contributed by atoms with Crippen LogP contribution in [-0.2, 0) is 16.2 Å². The lowest BCUT2D eigenvalue weighted by atomic mass is 9.56. The van der Waals surface area contributed by atoms with Crippen molar-refractivity contribution in [1.29, 1.82) is 0 Å². The molecule has 0 aromatic heterocycles. The van der Waals surface area contributed by atoms with Crippen molar-refractivity contribution in [2.45, 2.75) is 103 Å². The molecule has 3 aliphatic carbocycles. The Hall–Kier alpha value is -1.76. The van der Waals surface area contributed by atoms with Crippen molar-refractivity contribution in [3.8, 4) is 11.3 Å². The van der Waals surface area contributed by atoms with Crippen molar-refractivity contribution >= 4 is 10.8 Å². The number of pyridine rings is 1. The molecule has 2 saturated carbocycles. The van der Waals surface area contributed by atoms with E-state index in [1.165, 1.54) is 78.1 Å². The third-order valence-corrected chi connectivity index (χ3v) is 8.38. The molecule has 0 spiro atoms. The van der Waals surface area contributed by atoms with Crippen molar-refractivity contribution in [3.05, 3.63) is 47.2 Å². The van der Waals surface area contributed by atoms with Crippen molar-refractivity contribution in [2.75, 3.05) is 0 Å². The zero-order valence-corrected chi connectivity index (χ0v) is 19.9. The summed E-state index contributed by atoms with van der Waals surface area (Å²) in [7, 11) is 0. The van der Waals surface area contributed by atoms with E-state index in [2.05, 4.69) is 77.0 Å². The zero-order valence-electron chi connectivity index (χ0n) is 19.9. The van der Waals surface area contributed by atoms with Crippen molar-refractivity contribution in [2.24, 2.45) is 5.92 Å². The summed E-state index contributed by atoms with van der Waals surface area (Å²) in [6.07, 6.45) is 12.1. The Morgan fingerprint density at radius 1 is 0.800 bits per heavy atom. The predicted molar refractivity (Wildman–Crippen MR) is 130 cm³/mol. The van der Waals surface area contributed by atoms with Gasteiger partial charge >= 0.3 is 0 Å². The van der Waals surface area contributed by atoms with Crippen LogP contribution >= 0.6 is 0 Å². The first-order valence-electron chi connectivity index (χ1n) is 12.2. The summed E-state index contributed by atoms with van der Waals surface area (Å²) in [5.74, 6) is 0.873. The number of aromatic amines is 1. The van der Waals surface area contributed by atoms with E-state index in [-0.39, 0.29) is 10.8 Å². The molecule has 0 radical (unpaired) electrons. The zero-order chi connectivity index (χ0) is 21.3. The van der Waals surface area contributed by atoms with Gasteiger partial charge in [-0.3, -0.25) is 0 Å². The Bertz CT molecular complexity index is 1040. The van der Waals surface area contributed by atoms with Crippen LogP contribution in [0.1, 0.15) is 103 Å². The minimum absolute atomic E-state index is 0.149. The molecule has 1 aromatic rings. The highest BCUT2D eigenvalue weighted by Crippen LogP contribution is 2.59. The fourth-order valence-corrected chi connectivity index (χ4v) is 6.35. The van der Waals surface area contributed by atoms with Gasteiger partial charge in [-0.25, -0.2) is 0 Å². The average Bonchev–Trinajstić information content (AvgIpc) is 3.27. The molecular weight excluding hydrogens is 362 g/mol. The quantitative estimate of drug-likeness (QED) is 0.443. The Labute approximate surface area is 183 Å². The molecule has 1 heterocycles. The molecule has 1 aromatic carbocycles. The molecule has 4 aliphatic rings. The molecule has 0 saturated heterocycles. The monoisotopic (exact) mass is 401 g/mol. The second kappa shape index (κ2) is 6.62. The minimum atomic E-state index is 0.149. The highest BCUT2D eigenvalue weighted by molar-refractivity contribution is 6.06. The molecule has 30 heavy (non-hydrogen) atoms.